The van der Waals surface area contributed by atoms with Crippen molar-refractivity contribution >= 4 is 39.4 Å². The van der Waals surface area contributed by atoms with E-state index < -0.39 is 41.6 Å². The van der Waals surface area contributed by atoms with Crippen molar-refractivity contribution in [1.29, 1.82) is 0 Å². The first-order valence-corrected chi connectivity index (χ1v) is 15.6. The van der Waals surface area contributed by atoms with Gasteiger partial charge in [-0.15, -0.1) is 13.2 Å². The molecule has 7 atom stereocenters. The fourth-order valence-corrected chi connectivity index (χ4v) is 7.79. The van der Waals surface area contributed by atoms with Crippen LogP contribution in [0.2, 0.25) is 0 Å². The van der Waals surface area contributed by atoms with Gasteiger partial charge in [-0.25, -0.2) is 0 Å². The number of fused-ring (bicyclic) bond motifs is 1. The Kier molecular flexibility index (Phi) is 10.5. The van der Waals surface area contributed by atoms with Gasteiger partial charge in [0.05, 0.1) is 44.3 Å². The van der Waals surface area contributed by atoms with Gasteiger partial charge in [0.1, 0.15) is 17.4 Å². The summed E-state index contributed by atoms with van der Waals surface area (Å²) in [4.78, 5) is 45.5. The molecule has 0 aromatic heterocycles. The number of halogens is 1. The van der Waals surface area contributed by atoms with Crippen LogP contribution in [0.25, 0.3) is 0 Å². The van der Waals surface area contributed by atoms with Gasteiger partial charge in [-0.05, 0) is 62.3 Å². The van der Waals surface area contributed by atoms with Gasteiger partial charge in [0.25, 0.3) is 5.91 Å². The number of methoxy groups -OCH3 is 1. The van der Waals surface area contributed by atoms with Gasteiger partial charge in [-0.3, -0.25) is 14.4 Å². The summed E-state index contributed by atoms with van der Waals surface area (Å²) in [5, 5.41) is 10.5. The van der Waals surface area contributed by atoms with E-state index >= 15 is 0 Å². The second-order valence-electron chi connectivity index (χ2n) is 11.8. The number of carbonyl (C=O) groups is 3. The van der Waals surface area contributed by atoms with Gasteiger partial charge in [0, 0.05) is 17.1 Å². The average molecular weight is 648 g/mol. The monoisotopic (exact) mass is 646 g/mol. The highest BCUT2D eigenvalue weighted by atomic mass is 79.9. The number of benzene rings is 1. The van der Waals surface area contributed by atoms with Crippen LogP contribution in [-0.2, 0) is 23.9 Å². The number of unbranched alkanes of at least 4 members (excludes halogenated alkanes) is 2. The number of ether oxygens (including phenoxy) is 3. The van der Waals surface area contributed by atoms with Crippen LogP contribution in [0.1, 0.15) is 46.0 Å². The maximum absolute atomic E-state index is 14.7. The molecule has 3 fully saturated rings. The molecule has 3 saturated heterocycles. The molecule has 9 nitrogen and oxygen atoms in total. The van der Waals surface area contributed by atoms with Crippen LogP contribution in [0.15, 0.2) is 49.6 Å². The number of hydrogen-bond acceptors (Lipinski definition) is 7. The maximum atomic E-state index is 14.7. The van der Waals surface area contributed by atoms with Crippen molar-refractivity contribution in [2.24, 2.45) is 17.8 Å². The van der Waals surface area contributed by atoms with Crippen molar-refractivity contribution in [3.63, 3.8) is 0 Å². The highest BCUT2D eigenvalue weighted by Gasteiger charge is 2.77. The first-order chi connectivity index (χ1) is 20.1. The molecule has 10 heteroatoms. The molecule has 3 unspecified atom stereocenters. The fraction of sp³-hybridized carbons (Fsp3) is 0.594. The number of anilines is 1. The molecule has 3 aliphatic rings. The summed E-state index contributed by atoms with van der Waals surface area (Å²) in [6, 6.07) is 5.41. The number of hydrogen-bond donors (Lipinski definition) is 1. The maximum Gasteiger partial charge on any atom is 0.312 e. The van der Waals surface area contributed by atoms with Gasteiger partial charge in [0.15, 0.2) is 0 Å². The number of likely N-dealkylation sites (tertiary alicyclic amines) is 1. The van der Waals surface area contributed by atoms with Crippen molar-refractivity contribution in [1.82, 2.24) is 4.90 Å². The van der Waals surface area contributed by atoms with Crippen molar-refractivity contribution in [2.45, 2.75) is 74.6 Å². The van der Waals surface area contributed by atoms with Crippen molar-refractivity contribution in [2.75, 3.05) is 31.8 Å². The minimum absolute atomic E-state index is 0.145. The smallest absolute Gasteiger partial charge is 0.312 e. The number of aliphatic hydroxyl groups is 1. The van der Waals surface area contributed by atoms with Gasteiger partial charge in [0.2, 0.25) is 5.91 Å². The quantitative estimate of drug-likeness (QED) is 0.131. The highest BCUT2D eigenvalue weighted by molar-refractivity contribution is 9.09. The molecule has 1 spiro atoms. The van der Waals surface area contributed by atoms with E-state index in [2.05, 4.69) is 29.1 Å². The average Bonchev–Trinajstić information content (AvgIpc) is 3.57. The zero-order chi connectivity index (χ0) is 30.6. The number of aliphatic hydroxyl groups excluding tert-OH is 1. The van der Waals surface area contributed by atoms with Crippen molar-refractivity contribution in [3.05, 3.63) is 49.6 Å². The SMILES string of the molecule is C=CCCCCOC(=O)[C@H]1[C@H]2C(=O)N([C@@H](CO)CC(C)C)C(C(=O)N(CC=C)c3ccc(OC)cc3)C23CC(Br)[C@@H]1O3. The standard InChI is InChI=1S/C32H43BrN2O7/c1-6-8-9-10-16-41-31(39)25-26-29(37)35(22(19-36)17-20(3)4)28(32(26)18-24(33)27(25)42-32)30(38)34(15-7-2)21-11-13-23(40-5)14-12-21/h6-7,11-14,20,22,24-28,36H,1-2,8-10,15-19H2,3-5H3/t22-,24?,25+,26+,27+,28?,32?/m1/s1. The first kappa shape index (κ1) is 32.2. The van der Waals surface area contributed by atoms with E-state index in [1.165, 1.54) is 4.90 Å². The molecule has 2 bridgehead atoms. The Labute approximate surface area is 257 Å². The van der Waals surface area contributed by atoms with E-state index in [1.54, 1.807) is 42.4 Å². The predicted octanol–water partition coefficient (Wildman–Crippen LogP) is 4.27. The Hall–Kier alpha value is -2.69. The molecule has 2 amide bonds. The lowest BCUT2D eigenvalue weighted by Crippen LogP contribution is -2.59. The third kappa shape index (κ3) is 5.90. The molecule has 3 aliphatic heterocycles. The molecule has 3 heterocycles. The minimum Gasteiger partial charge on any atom is -0.497 e. The Balaban J connectivity index is 1.75. The van der Waals surface area contributed by atoms with E-state index in [0.29, 0.717) is 30.7 Å². The molecule has 230 valence electrons. The van der Waals surface area contributed by atoms with E-state index in [0.717, 1.165) is 12.8 Å². The number of rotatable bonds is 15. The van der Waals surface area contributed by atoms with Crippen LogP contribution in [0.5, 0.6) is 5.75 Å². The topological polar surface area (TPSA) is 106 Å². The molecule has 1 aromatic rings. The molecular weight excluding hydrogens is 604 g/mol. The lowest BCUT2D eigenvalue weighted by atomic mass is 9.70. The van der Waals surface area contributed by atoms with Gasteiger partial charge >= 0.3 is 5.97 Å². The Morgan fingerprint density at radius 1 is 1.24 bits per heavy atom. The zero-order valence-electron chi connectivity index (χ0n) is 24.7. The third-order valence-corrected chi connectivity index (χ3v) is 9.43. The third-order valence-electron chi connectivity index (χ3n) is 8.59. The summed E-state index contributed by atoms with van der Waals surface area (Å²) in [5.74, 6) is -2.15. The fourth-order valence-electron chi connectivity index (χ4n) is 6.85. The number of carbonyl (C=O) groups excluding carboxylic acids is 3. The van der Waals surface area contributed by atoms with Crippen LogP contribution in [0, 0.1) is 17.8 Å². The summed E-state index contributed by atoms with van der Waals surface area (Å²) in [6.45, 7) is 11.7. The summed E-state index contributed by atoms with van der Waals surface area (Å²) >= 11 is 3.70. The summed E-state index contributed by atoms with van der Waals surface area (Å²) in [6.07, 6.45) is 6.05. The summed E-state index contributed by atoms with van der Waals surface area (Å²) in [5.41, 5.74) is -0.647. The minimum atomic E-state index is -1.25. The van der Waals surface area contributed by atoms with Gasteiger partial charge in [-0.1, -0.05) is 41.9 Å². The second kappa shape index (κ2) is 13.7. The first-order valence-electron chi connectivity index (χ1n) is 14.7. The number of alkyl halides is 1. The number of esters is 1. The van der Waals surface area contributed by atoms with E-state index in [1.807, 2.05) is 19.9 Å². The van der Waals surface area contributed by atoms with E-state index in [-0.39, 0.29) is 42.3 Å². The van der Waals surface area contributed by atoms with Crippen LogP contribution in [0.4, 0.5) is 5.69 Å². The van der Waals surface area contributed by atoms with Crippen molar-refractivity contribution < 1.29 is 33.7 Å². The Morgan fingerprint density at radius 2 is 1.95 bits per heavy atom. The van der Waals surface area contributed by atoms with E-state index in [4.69, 9.17) is 14.2 Å². The molecule has 42 heavy (non-hydrogen) atoms. The molecule has 4 rings (SSSR count). The lowest BCUT2D eigenvalue weighted by molar-refractivity contribution is -0.155. The van der Waals surface area contributed by atoms with Crippen LogP contribution >= 0.6 is 15.9 Å². The van der Waals surface area contributed by atoms with Crippen LogP contribution < -0.4 is 9.64 Å². The largest absolute Gasteiger partial charge is 0.497 e. The second-order valence-corrected chi connectivity index (χ2v) is 12.9. The molecule has 0 saturated carbocycles. The van der Waals surface area contributed by atoms with Crippen LogP contribution in [-0.4, -0.2) is 83.3 Å². The molecule has 1 aromatic carbocycles. The normalized spacial score (nSPS) is 28.5. The number of allylic oxidation sites excluding steroid dienone is 1. The van der Waals surface area contributed by atoms with Gasteiger partial charge in [-0.2, -0.15) is 0 Å². The lowest BCUT2D eigenvalue weighted by Gasteiger charge is -2.39. The number of nitrogens with zero attached hydrogens (tertiary/aromatic N) is 2. The molecule has 0 radical (unpaired) electrons. The van der Waals surface area contributed by atoms with E-state index in [9.17, 15) is 19.5 Å². The molecule has 1 N–H and O–H groups in total. The van der Waals surface area contributed by atoms with Gasteiger partial charge < -0.3 is 29.1 Å². The molecular formula is C32H43BrN2O7. The van der Waals surface area contributed by atoms with Crippen molar-refractivity contribution in [3.8, 4) is 5.75 Å². The number of amides is 2. The van der Waals surface area contributed by atoms with Crippen LogP contribution in [0.3, 0.4) is 0 Å². The molecule has 0 aliphatic carbocycles. The predicted molar refractivity (Wildman–Crippen MR) is 163 cm³/mol. The summed E-state index contributed by atoms with van der Waals surface area (Å²) < 4.78 is 17.6. The summed E-state index contributed by atoms with van der Waals surface area (Å²) in [7, 11) is 1.57. The zero-order valence-corrected chi connectivity index (χ0v) is 26.3. The Bertz CT molecular complexity index is 1160. The Morgan fingerprint density at radius 3 is 2.55 bits per heavy atom. The highest BCUT2D eigenvalue weighted by Crippen LogP contribution is 2.61.